The minimum atomic E-state index is -0.344. The maximum atomic E-state index is 11.2. The molecule has 2 rings (SSSR count). The van der Waals surface area contributed by atoms with Gasteiger partial charge in [-0.1, -0.05) is 0 Å². The normalized spacial score (nSPS) is 10.2. The van der Waals surface area contributed by atoms with Crippen LogP contribution in [0.15, 0.2) is 18.2 Å². The smallest absolute Gasteiger partial charge is 0.241 e. The van der Waals surface area contributed by atoms with Gasteiger partial charge in [0, 0.05) is 5.56 Å². The van der Waals surface area contributed by atoms with E-state index in [0.29, 0.717) is 16.5 Å². The quantitative estimate of drug-likeness (QED) is 0.858. The molecule has 0 aliphatic heterocycles. The Hall–Kier alpha value is -1.86. The Bertz CT molecular complexity index is 618. The van der Waals surface area contributed by atoms with Gasteiger partial charge in [-0.2, -0.15) is 9.36 Å². The van der Waals surface area contributed by atoms with Crippen LogP contribution in [0.1, 0.15) is 0 Å². The lowest BCUT2D eigenvalue weighted by Crippen LogP contribution is -2.13. The summed E-state index contributed by atoms with van der Waals surface area (Å²) >= 11 is 6.58. The maximum Gasteiger partial charge on any atom is 0.241 e. The highest BCUT2D eigenvalue weighted by Gasteiger charge is 2.11. The van der Waals surface area contributed by atoms with Gasteiger partial charge in [0.1, 0.15) is 10.9 Å². The summed E-state index contributed by atoms with van der Waals surface area (Å²) in [6.45, 7) is 0. The Morgan fingerprint density at radius 1 is 1.35 bits per heavy atom. The molecule has 0 spiro atoms. The molecule has 0 aliphatic rings. The maximum absolute atomic E-state index is 11.2. The van der Waals surface area contributed by atoms with E-state index in [-0.39, 0.29) is 17.7 Å². The summed E-state index contributed by atoms with van der Waals surface area (Å²) < 4.78 is 14.4. The van der Waals surface area contributed by atoms with Crippen LogP contribution in [0.2, 0.25) is 0 Å². The van der Waals surface area contributed by atoms with E-state index in [2.05, 4.69) is 14.7 Å². The second-order valence-electron chi connectivity index (χ2n) is 3.67. The Morgan fingerprint density at radius 3 is 2.75 bits per heavy atom. The number of methoxy groups -OCH3 is 2. The number of ether oxygens (including phenoxy) is 2. The fraction of sp³-hybridized carbons (Fsp3) is 0.250. The Labute approximate surface area is 124 Å². The van der Waals surface area contributed by atoms with Crippen molar-refractivity contribution in [3.8, 4) is 22.1 Å². The number of hydrogen-bond donors (Lipinski definition) is 1. The highest BCUT2D eigenvalue weighted by molar-refractivity contribution is 7.09. The van der Waals surface area contributed by atoms with Crippen molar-refractivity contribution >= 4 is 35.0 Å². The fourth-order valence-electron chi connectivity index (χ4n) is 1.52. The van der Waals surface area contributed by atoms with Gasteiger partial charge in [0.15, 0.2) is 11.5 Å². The van der Waals surface area contributed by atoms with Gasteiger partial charge < -0.3 is 9.47 Å². The van der Waals surface area contributed by atoms with Crippen LogP contribution in [0.3, 0.4) is 0 Å². The first-order valence-corrected chi connectivity index (χ1v) is 6.90. The number of anilines is 1. The molecule has 0 bridgehead atoms. The molecular weight excluding hydrogens is 302 g/mol. The average Bonchev–Trinajstić information content (AvgIpc) is 2.94. The molecular formula is C12H12ClN3O3S. The first kappa shape index (κ1) is 14.5. The molecule has 0 atom stereocenters. The molecule has 0 unspecified atom stereocenters. The zero-order chi connectivity index (χ0) is 14.5. The number of nitrogens with one attached hydrogen (secondary N) is 1. The molecule has 1 heterocycles. The van der Waals surface area contributed by atoms with E-state index >= 15 is 0 Å². The first-order chi connectivity index (χ1) is 9.67. The number of carbonyl (C=O) groups is 1. The molecule has 6 nitrogen and oxygen atoms in total. The molecule has 1 aromatic carbocycles. The predicted molar refractivity (Wildman–Crippen MR) is 77.8 cm³/mol. The van der Waals surface area contributed by atoms with Crippen LogP contribution < -0.4 is 14.8 Å². The number of carbonyl (C=O) groups excluding carboxylic acids is 1. The molecule has 20 heavy (non-hydrogen) atoms. The van der Waals surface area contributed by atoms with Crippen molar-refractivity contribution in [3.05, 3.63) is 18.2 Å². The van der Waals surface area contributed by atoms with E-state index in [1.165, 1.54) is 11.5 Å². The Kier molecular flexibility index (Phi) is 4.75. The number of benzene rings is 1. The highest BCUT2D eigenvalue weighted by atomic mass is 35.5. The monoisotopic (exact) mass is 313 g/mol. The summed E-state index contributed by atoms with van der Waals surface area (Å²) in [5.74, 6) is 1.00. The zero-order valence-electron chi connectivity index (χ0n) is 10.8. The lowest BCUT2D eigenvalue weighted by atomic mass is 10.2. The van der Waals surface area contributed by atoms with Crippen molar-refractivity contribution in [1.29, 1.82) is 0 Å². The minimum Gasteiger partial charge on any atom is -0.493 e. The van der Waals surface area contributed by atoms with Gasteiger partial charge in [0.25, 0.3) is 0 Å². The zero-order valence-corrected chi connectivity index (χ0v) is 12.4. The number of rotatable bonds is 5. The van der Waals surface area contributed by atoms with E-state index in [1.807, 2.05) is 6.07 Å². The van der Waals surface area contributed by atoms with Crippen LogP contribution in [0.25, 0.3) is 10.6 Å². The van der Waals surface area contributed by atoms with Crippen LogP contribution in [0, 0.1) is 0 Å². The summed E-state index contributed by atoms with van der Waals surface area (Å²) in [7, 11) is 3.14. The van der Waals surface area contributed by atoms with E-state index in [0.717, 1.165) is 5.56 Å². The van der Waals surface area contributed by atoms with Crippen molar-refractivity contribution < 1.29 is 14.3 Å². The van der Waals surface area contributed by atoms with Gasteiger partial charge in [0.2, 0.25) is 11.9 Å². The van der Waals surface area contributed by atoms with Gasteiger partial charge in [-0.3, -0.25) is 10.1 Å². The molecule has 106 valence electrons. The van der Waals surface area contributed by atoms with Crippen LogP contribution in [-0.4, -0.2) is 35.4 Å². The van der Waals surface area contributed by atoms with E-state index in [4.69, 9.17) is 21.1 Å². The molecule has 1 N–H and O–H groups in total. The van der Waals surface area contributed by atoms with Crippen molar-refractivity contribution in [2.75, 3.05) is 25.4 Å². The van der Waals surface area contributed by atoms with Gasteiger partial charge in [-0.15, -0.1) is 11.6 Å². The fourth-order valence-corrected chi connectivity index (χ4v) is 2.20. The van der Waals surface area contributed by atoms with Gasteiger partial charge in [0.05, 0.1) is 14.2 Å². The third-order valence-electron chi connectivity index (χ3n) is 2.43. The van der Waals surface area contributed by atoms with Gasteiger partial charge in [-0.25, -0.2) is 0 Å². The van der Waals surface area contributed by atoms with Gasteiger partial charge in [-0.05, 0) is 29.7 Å². The third kappa shape index (κ3) is 3.17. The van der Waals surface area contributed by atoms with E-state index < -0.39 is 0 Å². The molecule has 0 aliphatic carbocycles. The van der Waals surface area contributed by atoms with Crippen LogP contribution in [-0.2, 0) is 4.79 Å². The highest BCUT2D eigenvalue weighted by Crippen LogP contribution is 2.33. The largest absolute Gasteiger partial charge is 0.493 e. The summed E-state index contributed by atoms with van der Waals surface area (Å²) in [6, 6.07) is 5.42. The molecule has 1 aromatic heterocycles. The molecule has 8 heteroatoms. The topological polar surface area (TPSA) is 73.3 Å². The van der Waals surface area contributed by atoms with Crippen molar-refractivity contribution in [1.82, 2.24) is 9.36 Å². The summed E-state index contributed by atoms with van der Waals surface area (Å²) in [5.41, 5.74) is 0.825. The number of halogens is 1. The summed E-state index contributed by atoms with van der Waals surface area (Å²) in [5, 5.41) is 3.16. The molecule has 0 saturated carbocycles. The second kappa shape index (κ2) is 6.53. The SMILES string of the molecule is COc1ccc(-c2nc(NC(=O)CCl)ns2)cc1OC. The van der Waals surface area contributed by atoms with E-state index in [1.54, 1.807) is 26.4 Å². The molecule has 0 fully saturated rings. The number of aromatic nitrogens is 2. The van der Waals surface area contributed by atoms with Crippen molar-refractivity contribution in [2.24, 2.45) is 0 Å². The molecule has 2 aromatic rings. The number of hydrogen-bond acceptors (Lipinski definition) is 6. The number of alkyl halides is 1. The second-order valence-corrected chi connectivity index (χ2v) is 4.69. The minimum absolute atomic E-state index is 0.134. The summed E-state index contributed by atoms with van der Waals surface area (Å²) in [6.07, 6.45) is 0. The van der Waals surface area contributed by atoms with Crippen molar-refractivity contribution in [2.45, 2.75) is 0 Å². The predicted octanol–water partition coefficient (Wildman–Crippen LogP) is 2.40. The molecule has 0 saturated heterocycles. The standard InChI is InChI=1S/C12H12ClN3O3S/c1-18-8-4-3-7(5-9(8)19-2)11-15-12(16-20-11)14-10(17)6-13/h3-5H,6H2,1-2H3,(H,14,16,17). The average molecular weight is 314 g/mol. The van der Waals surface area contributed by atoms with Crippen LogP contribution in [0.4, 0.5) is 5.95 Å². The van der Waals surface area contributed by atoms with Crippen LogP contribution >= 0.6 is 23.1 Å². The number of amides is 1. The lowest BCUT2D eigenvalue weighted by molar-refractivity contribution is -0.114. The molecule has 0 radical (unpaired) electrons. The molecule has 1 amide bonds. The third-order valence-corrected chi connectivity index (χ3v) is 3.44. The summed E-state index contributed by atoms with van der Waals surface area (Å²) in [4.78, 5) is 15.4. The van der Waals surface area contributed by atoms with Crippen LogP contribution in [0.5, 0.6) is 11.5 Å². The number of nitrogens with zero attached hydrogens (tertiary/aromatic N) is 2. The first-order valence-electron chi connectivity index (χ1n) is 5.60. The van der Waals surface area contributed by atoms with Gasteiger partial charge >= 0.3 is 0 Å². The van der Waals surface area contributed by atoms with E-state index in [9.17, 15) is 4.79 Å². The lowest BCUT2D eigenvalue weighted by Gasteiger charge is -2.07. The van der Waals surface area contributed by atoms with Crippen molar-refractivity contribution in [3.63, 3.8) is 0 Å². The Morgan fingerprint density at radius 2 is 2.10 bits per heavy atom. The Balaban J connectivity index is 2.25.